The van der Waals surface area contributed by atoms with Crippen LogP contribution >= 0.6 is 0 Å². The molecule has 1 amide bonds. The van der Waals surface area contributed by atoms with Gasteiger partial charge in [-0.3, -0.25) is 4.79 Å². The molecular formula is C14H21NO. The summed E-state index contributed by atoms with van der Waals surface area (Å²) >= 11 is 0. The van der Waals surface area contributed by atoms with Crippen molar-refractivity contribution in [3.63, 3.8) is 0 Å². The van der Waals surface area contributed by atoms with E-state index in [-0.39, 0.29) is 5.91 Å². The molecule has 0 spiro atoms. The average Bonchev–Trinajstić information content (AvgIpc) is 2.35. The van der Waals surface area contributed by atoms with E-state index in [4.69, 9.17) is 0 Å². The number of hydrogen-bond acceptors (Lipinski definition) is 1. The van der Waals surface area contributed by atoms with Crippen LogP contribution in [0.15, 0.2) is 18.2 Å². The lowest BCUT2D eigenvalue weighted by atomic mass is 10.0. The smallest absolute Gasteiger partial charge is 0.219 e. The molecular weight excluding hydrogens is 198 g/mol. The molecule has 2 nitrogen and oxygen atoms in total. The van der Waals surface area contributed by atoms with Gasteiger partial charge in [0.2, 0.25) is 5.91 Å². The number of nitrogens with one attached hydrogen (secondary N) is 1. The minimum Gasteiger partial charge on any atom is -0.352 e. The van der Waals surface area contributed by atoms with Gasteiger partial charge in [-0.05, 0) is 29.5 Å². The quantitative estimate of drug-likeness (QED) is 0.810. The van der Waals surface area contributed by atoms with Gasteiger partial charge < -0.3 is 5.32 Å². The fourth-order valence-electron chi connectivity index (χ4n) is 1.73. The molecule has 0 atom stereocenters. The third kappa shape index (κ3) is 3.37. The number of rotatable bonds is 5. The lowest BCUT2D eigenvalue weighted by Crippen LogP contribution is -2.22. The molecule has 0 heterocycles. The topological polar surface area (TPSA) is 29.1 Å². The van der Waals surface area contributed by atoms with E-state index >= 15 is 0 Å². The van der Waals surface area contributed by atoms with Crippen molar-refractivity contribution in [1.82, 2.24) is 5.32 Å². The van der Waals surface area contributed by atoms with Gasteiger partial charge in [0, 0.05) is 13.0 Å². The van der Waals surface area contributed by atoms with Crippen LogP contribution < -0.4 is 5.32 Å². The van der Waals surface area contributed by atoms with Crippen molar-refractivity contribution < 1.29 is 4.79 Å². The van der Waals surface area contributed by atoms with E-state index in [1.54, 1.807) is 0 Å². The number of carbonyl (C=O) groups excluding carboxylic acids is 1. The number of benzene rings is 1. The Morgan fingerprint density at radius 3 is 2.44 bits per heavy atom. The molecule has 16 heavy (non-hydrogen) atoms. The highest BCUT2D eigenvalue weighted by molar-refractivity contribution is 5.75. The number of amides is 1. The number of hydrogen-bond donors (Lipinski definition) is 1. The van der Waals surface area contributed by atoms with E-state index in [0.29, 0.717) is 13.0 Å². The Bertz CT molecular complexity index is 358. The summed E-state index contributed by atoms with van der Waals surface area (Å²) in [5, 5.41) is 2.94. The molecule has 0 fully saturated rings. The van der Waals surface area contributed by atoms with Crippen LogP contribution in [-0.4, -0.2) is 5.91 Å². The Hall–Kier alpha value is -1.31. The van der Waals surface area contributed by atoms with Crippen molar-refractivity contribution in [2.24, 2.45) is 0 Å². The van der Waals surface area contributed by atoms with Crippen molar-refractivity contribution in [2.45, 2.75) is 46.6 Å². The second kappa shape index (κ2) is 6.31. The third-order valence-corrected chi connectivity index (χ3v) is 2.86. The van der Waals surface area contributed by atoms with E-state index in [0.717, 1.165) is 12.8 Å². The summed E-state index contributed by atoms with van der Waals surface area (Å²) in [6, 6.07) is 6.55. The summed E-state index contributed by atoms with van der Waals surface area (Å²) in [4.78, 5) is 11.2. The zero-order valence-corrected chi connectivity index (χ0v) is 10.5. The van der Waals surface area contributed by atoms with Crippen molar-refractivity contribution in [2.75, 3.05) is 0 Å². The maximum atomic E-state index is 11.2. The molecule has 2 heteroatoms. The first-order valence-corrected chi connectivity index (χ1v) is 6.08. The molecule has 0 saturated carbocycles. The summed E-state index contributed by atoms with van der Waals surface area (Å²) in [5.41, 5.74) is 3.91. The van der Waals surface area contributed by atoms with Gasteiger partial charge in [-0.15, -0.1) is 0 Å². The Labute approximate surface area is 98.1 Å². The molecule has 0 aliphatic rings. The monoisotopic (exact) mass is 219 g/mol. The third-order valence-electron chi connectivity index (χ3n) is 2.86. The largest absolute Gasteiger partial charge is 0.352 e. The molecule has 1 aromatic rings. The molecule has 0 aliphatic carbocycles. The Morgan fingerprint density at radius 1 is 1.12 bits per heavy atom. The standard InChI is InChI=1S/C14H21NO/c1-4-11-7-8-12(5-2)13(9-11)10-15-14(16)6-3/h7-9H,4-6,10H2,1-3H3,(H,15,16). The van der Waals surface area contributed by atoms with E-state index in [1.807, 2.05) is 6.92 Å². The lowest BCUT2D eigenvalue weighted by Gasteiger charge is -2.10. The number of aryl methyl sites for hydroxylation is 2. The molecule has 0 radical (unpaired) electrons. The van der Waals surface area contributed by atoms with Crippen LogP contribution in [0.3, 0.4) is 0 Å². The SMILES string of the molecule is CCC(=O)NCc1cc(CC)ccc1CC. The second-order valence-electron chi connectivity index (χ2n) is 3.94. The van der Waals surface area contributed by atoms with Crippen molar-refractivity contribution in [3.05, 3.63) is 34.9 Å². The van der Waals surface area contributed by atoms with Crippen LogP contribution in [0.4, 0.5) is 0 Å². The van der Waals surface area contributed by atoms with Crippen LogP contribution in [-0.2, 0) is 24.2 Å². The number of carbonyl (C=O) groups is 1. The molecule has 0 aliphatic heterocycles. The van der Waals surface area contributed by atoms with Crippen LogP contribution in [0.1, 0.15) is 43.9 Å². The average molecular weight is 219 g/mol. The Balaban J connectivity index is 2.78. The summed E-state index contributed by atoms with van der Waals surface area (Å²) in [5.74, 6) is 0.115. The normalized spacial score (nSPS) is 10.2. The van der Waals surface area contributed by atoms with Crippen LogP contribution in [0.5, 0.6) is 0 Å². The van der Waals surface area contributed by atoms with Crippen molar-refractivity contribution >= 4 is 5.91 Å². The molecule has 0 bridgehead atoms. The highest BCUT2D eigenvalue weighted by atomic mass is 16.1. The molecule has 88 valence electrons. The minimum atomic E-state index is 0.115. The van der Waals surface area contributed by atoms with Gasteiger partial charge >= 0.3 is 0 Å². The zero-order valence-electron chi connectivity index (χ0n) is 10.5. The molecule has 1 aromatic carbocycles. The summed E-state index contributed by atoms with van der Waals surface area (Å²) in [6.07, 6.45) is 2.61. The Kier molecular flexibility index (Phi) is 5.03. The maximum absolute atomic E-state index is 11.2. The summed E-state index contributed by atoms with van der Waals surface area (Å²) in [7, 11) is 0. The highest BCUT2D eigenvalue weighted by Gasteiger charge is 2.03. The fraction of sp³-hybridized carbons (Fsp3) is 0.500. The van der Waals surface area contributed by atoms with Gasteiger partial charge in [-0.25, -0.2) is 0 Å². The minimum absolute atomic E-state index is 0.115. The fourth-order valence-corrected chi connectivity index (χ4v) is 1.73. The van der Waals surface area contributed by atoms with Crippen molar-refractivity contribution in [1.29, 1.82) is 0 Å². The van der Waals surface area contributed by atoms with Gasteiger partial charge in [-0.2, -0.15) is 0 Å². The highest BCUT2D eigenvalue weighted by Crippen LogP contribution is 2.13. The molecule has 0 unspecified atom stereocenters. The molecule has 1 rings (SSSR count). The van der Waals surface area contributed by atoms with Crippen LogP contribution in [0.25, 0.3) is 0 Å². The van der Waals surface area contributed by atoms with E-state index in [9.17, 15) is 4.79 Å². The maximum Gasteiger partial charge on any atom is 0.219 e. The summed E-state index contributed by atoms with van der Waals surface area (Å²) < 4.78 is 0. The van der Waals surface area contributed by atoms with E-state index in [2.05, 4.69) is 37.4 Å². The van der Waals surface area contributed by atoms with Gasteiger partial charge in [0.15, 0.2) is 0 Å². The van der Waals surface area contributed by atoms with E-state index in [1.165, 1.54) is 16.7 Å². The zero-order chi connectivity index (χ0) is 12.0. The van der Waals surface area contributed by atoms with Gasteiger partial charge in [0.1, 0.15) is 0 Å². The first kappa shape index (κ1) is 12.8. The van der Waals surface area contributed by atoms with Crippen LogP contribution in [0.2, 0.25) is 0 Å². The molecule has 1 N–H and O–H groups in total. The first-order chi connectivity index (χ1) is 7.71. The first-order valence-electron chi connectivity index (χ1n) is 6.08. The lowest BCUT2D eigenvalue weighted by molar-refractivity contribution is -0.120. The predicted octanol–water partition coefficient (Wildman–Crippen LogP) is 2.84. The van der Waals surface area contributed by atoms with Gasteiger partial charge in [0.05, 0.1) is 0 Å². The van der Waals surface area contributed by atoms with Crippen molar-refractivity contribution in [3.8, 4) is 0 Å². The van der Waals surface area contributed by atoms with Crippen LogP contribution in [0, 0.1) is 0 Å². The van der Waals surface area contributed by atoms with Gasteiger partial charge in [-0.1, -0.05) is 39.0 Å². The van der Waals surface area contributed by atoms with Gasteiger partial charge in [0.25, 0.3) is 0 Å². The Morgan fingerprint density at radius 2 is 1.88 bits per heavy atom. The molecule has 0 aromatic heterocycles. The summed E-state index contributed by atoms with van der Waals surface area (Å²) in [6.45, 7) is 6.82. The molecule has 0 saturated heterocycles. The second-order valence-corrected chi connectivity index (χ2v) is 3.94. The van der Waals surface area contributed by atoms with E-state index < -0.39 is 0 Å². The predicted molar refractivity (Wildman–Crippen MR) is 67.3 cm³/mol.